The molecule has 0 bridgehead atoms. The smallest absolute Gasteiger partial charge is 0.200 e. The van der Waals surface area contributed by atoms with E-state index in [0.717, 1.165) is 11.0 Å². The second-order valence-electron chi connectivity index (χ2n) is 5.18. The molecular weight excluding hydrogens is 312 g/mol. The summed E-state index contributed by atoms with van der Waals surface area (Å²) in [6.07, 6.45) is 3.29. The van der Waals surface area contributed by atoms with Gasteiger partial charge >= 0.3 is 0 Å². The molecule has 4 rings (SSSR count). The molecule has 0 saturated carbocycles. The van der Waals surface area contributed by atoms with Crippen LogP contribution in [0.4, 0.5) is 0 Å². The fourth-order valence-corrected chi connectivity index (χ4v) is 2.58. The molecular formula is C15H14N6O3. The van der Waals surface area contributed by atoms with Crippen LogP contribution < -0.4 is 9.47 Å². The number of nitrogens with zero attached hydrogens (tertiary/aromatic N) is 6. The molecule has 0 radical (unpaired) electrons. The maximum Gasteiger partial charge on any atom is 0.200 e. The van der Waals surface area contributed by atoms with E-state index in [1.165, 1.54) is 14.2 Å². The van der Waals surface area contributed by atoms with E-state index in [-0.39, 0.29) is 17.2 Å². The highest BCUT2D eigenvalue weighted by atomic mass is 16.5. The maximum absolute atomic E-state index is 10.0. The highest BCUT2D eigenvalue weighted by Crippen LogP contribution is 2.39. The maximum atomic E-state index is 10.0. The van der Waals surface area contributed by atoms with Crippen molar-refractivity contribution >= 4 is 16.7 Å². The summed E-state index contributed by atoms with van der Waals surface area (Å²) in [5, 5.41) is 19.5. The first-order valence-corrected chi connectivity index (χ1v) is 7.11. The minimum absolute atomic E-state index is 0.0659. The number of rotatable bonds is 3. The zero-order valence-electron chi connectivity index (χ0n) is 13.3. The van der Waals surface area contributed by atoms with E-state index in [9.17, 15) is 5.11 Å². The molecule has 0 unspecified atom stereocenters. The molecule has 0 amide bonds. The van der Waals surface area contributed by atoms with Crippen molar-refractivity contribution in [1.29, 1.82) is 0 Å². The average Bonchev–Trinajstić information content (AvgIpc) is 3.18. The molecule has 0 atom stereocenters. The lowest BCUT2D eigenvalue weighted by Gasteiger charge is -2.09. The van der Waals surface area contributed by atoms with E-state index in [0.29, 0.717) is 17.0 Å². The molecule has 0 saturated heterocycles. The molecule has 0 spiro atoms. The number of hydrogen-bond donors (Lipinski definition) is 1. The lowest BCUT2D eigenvalue weighted by Crippen LogP contribution is -1.95. The predicted molar refractivity (Wildman–Crippen MR) is 85.3 cm³/mol. The van der Waals surface area contributed by atoms with Crippen LogP contribution in [0.15, 0.2) is 24.7 Å². The molecule has 0 aliphatic heterocycles. The van der Waals surface area contributed by atoms with Crippen molar-refractivity contribution in [2.45, 2.75) is 0 Å². The summed E-state index contributed by atoms with van der Waals surface area (Å²) in [4.78, 5) is 8.90. The Balaban J connectivity index is 1.95. The standard InChI is InChI=1S/C15H14N6O3/c1-20-14-9(6-17-20)15-18-13(19-21(15)7-16-14)8-4-10(23-2)12(22)11(5-8)24-3/h4-7,22H,1-3H3. The molecule has 1 aromatic carbocycles. The van der Waals surface area contributed by atoms with E-state index in [2.05, 4.69) is 20.2 Å². The van der Waals surface area contributed by atoms with Gasteiger partial charge in [0.15, 0.2) is 28.6 Å². The predicted octanol–water partition coefficient (Wildman–Crippen LogP) is 1.40. The number of hydrogen-bond acceptors (Lipinski definition) is 7. The zero-order valence-corrected chi connectivity index (χ0v) is 13.3. The fraction of sp³-hybridized carbons (Fsp3) is 0.200. The first-order valence-electron chi connectivity index (χ1n) is 7.11. The minimum Gasteiger partial charge on any atom is -0.502 e. The van der Waals surface area contributed by atoms with Crippen molar-refractivity contribution in [3.63, 3.8) is 0 Å². The third-order valence-corrected chi connectivity index (χ3v) is 3.81. The van der Waals surface area contributed by atoms with Gasteiger partial charge in [0, 0.05) is 12.6 Å². The van der Waals surface area contributed by atoms with Crippen molar-refractivity contribution in [2.24, 2.45) is 7.05 Å². The van der Waals surface area contributed by atoms with Crippen molar-refractivity contribution in [3.05, 3.63) is 24.7 Å². The Morgan fingerprint density at radius 3 is 2.46 bits per heavy atom. The first kappa shape index (κ1) is 14.2. The van der Waals surface area contributed by atoms with Gasteiger partial charge in [0.25, 0.3) is 0 Å². The Labute approximate surface area is 136 Å². The van der Waals surface area contributed by atoms with E-state index in [1.54, 1.807) is 33.9 Å². The Kier molecular flexibility index (Phi) is 3.02. The second-order valence-corrected chi connectivity index (χ2v) is 5.18. The number of ether oxygens (including phenoxy) is 2. The van der Waals surface area contributed by atoms with Crippen LogP contribution in [0.5, 0.6) is 17.2 Å². The van der Waals surface area contributed by atoms with Gasteiger partial charge in [-0.1, -0.05) is 0 Å². The lowest BCUT2D eigenvalue weighted by atomic mass is 10.1. The van der Waals surface area contributed by atoms with Crippen LogP contribution in [-0.2, 0) is 7.05 Å². The third-order valence-electron chi connectivity index (χ3n) is 3.81. The van der Waals surface area contributed by atoms with E-state index in [4.69, 9.17) is 9.47 Å². The van der Waals surface area contributed by atoms with Gasteiger partial charge in [0.05, 0.1) is 25.8 Å². The monoisotopic (exact) mass is 326 g/mol. The molecule has 9 nitrogen and oxygen atoms in total. The Morgan fingerprint density at radius 2 is 1.79 bits per heavy atom. The topological polar surface area (TPSA) is 99.6 Å². The van der Waals surface area contributed by atoms with Crippen LogP contribution in [0.25, 0.3) is 28.1 Å². The largest absolute Gasteiger partial charge is 0.502 e. The van der Waals surface area contributed by atoms with Gasteiger partial charge < -0.3 is 14.6 Å². The first-order chi connectivity index (χ1) is 11.6. The Morgan fingerprint density at radius 1 is 1.08 bits per heavy atom. The molecule has 122 valence electrons. The molecule has 0 aliphatic carbocycles. The quantitative estimate of drug-likeness (QED) is 0.607. The number of phenols is 1. The second kappa shape index (κ2) is 5.08. The van der Waals surface area contributed by atoms with Crippen LogP contribution in [0, 0.1) is 0 Å². The number of aromatic hydroxyl groups is 1. The molecule has 4 aromatic rings. The average molecular weight is 326 g/mol. The van der Waals surface area contributed by atoms with Crippen molar-refractivity contribution in [3.8, 4) is 28.6 Å². The van der Waals surface area contributed by atoms with Crippen LogP contribution >= 0.6 is 0 Å². The van der Waals surface area contributed by atoms with Gasteiger partial charge in [-0.2, -0.15) is 5.10 Å². The summed E-state index contributed by atoms with van der Waals surface area (Å²) in [5.41, 5.74) is 2.03. The summed E-state index contributed by atoms with van der Waals surface area (Å²) < 4.78 is 13.6. The van der Waals surface area contributed by atoms with Gasteiger partial charge in [-0.15, -0.1) is 5.10 Å². The number of aryl methyl sites for hydroxylation is 1. The molecule has 24 heavy (non-hydrogen) atoms. The number of fused-ring (bicyclic) bond motifs is 3. The van der Waals surface area contributed by atoms with Gasteiger partial charge in [0.2, 0.25) is 5.75 Å². The van der Waals surface area contributed by atoms with Crippen LogP contribution in [0.2, 0.25) is 0 Å². The molecule has 0 aliphatic rings. The molecule has 0 fully saturated rings. The number of methoxy groups -OCH3 is 2. The Hall–Kier alpha value is -3.36. The van der Waals surface area contributed by atoms with E-state index >= 15 is 0 Å². The van der Waals surface area contributed by atoms with Gasteiger partial charge in [-0.3, -0.25) is 4.68 Å². The zero-order chi connectivity index (χ0) is 16.8. The summed E-state index contributed by atoms with van der Waals surface area (Å²) in [6, 6.07) is 3.31. The summed E-state index contributed by atoms with van der Waals surface area (Å²) in [5.74, 6) is 0.967. The fourth-order valence-electron chi connectivity index (χ4n) is 2.58. The number of aromatic nitrogens is 6. The number of phenolic OH excluding ortho intramolecular Hbond substituents is 1. The van der Waals surface area contributed by atoms with Crippen molar-refractivity contribution in [1.82, 2.24) is 29.4 Å². The Bertz CT molecular complexity index is 1040. The molecule has 1 N–H and O–H groups in total. The molecule has 3 heterocycles. The lowest BCUT2D eigenvalue weighted by molar-refractivity contribution is 0.340. The minimum atomic E-state index is -0.0659. The van der Waals surface area contributed by atoms with Crippen LogP contribution in [0.3, 0.4) is 0 Å². The van der Waals surface area contributed by atoms with Crippen molar-refractivity contribution < 1.29 is 14.6 Å². The van der Waals surface area contributed by atoms with Gasteiger partial charge in [-0.05, 0) is 12.1 Å². The summed E-state index contributed by atoms with van der Waals surface area (Å²) in [7, 11) is 4.76. The van der Waals surface area contributed by atoms with E-state index in [1.807, 2.05) is 7.05 Å². The van der Waals surface area contributed by atoms with E-state index < -0.39 is 0 Å². The van der Waals surface area contributed by atoms with Gasteiger partial charge in [-0.25, -0.2) is 14.5 Å². The summed E-state index contributed by atoms with van der Waals surface area (Å²) >= 11 is 0. The van der Waals surface area contributed by atoms with Crippen LogP contribution in [0.1, 0.15) is 0 Å². The van der Waals surface area contributed by atoms with Crippen LogP contribution in [-0.4, -0.2) is 48.7 Å². The van der Waals surface area contributed by atoms with Gasteiger partial charge in [0.1, 0.15) is 6.33 Å². The van der Waals surface area contributed by atoms with Crippen molar-refractivity contribution in [2.75, 3.05) is 14.2 Å². The number of benzene rings is 1. The molecule has 3 aromatic heterocycles. The SMILES string of the molecule is COc1cc(-c2nc3c4cnn(C)c4ncn3n2)cc(OC)c1O. The highest BCUT2D eigenvalue weighted by molar-refractivity contribution is 5.89. The summed E-state index contributed by atoms with van der Waals surface area (Å²) in [6.45, 7) is 0. The third kappa shape index (κ3) is 1.94. The normalized spacial score (nSPS) is 11.3. The highest BCUT2D eigenvalue weighted by Gasteiger charge is 2.17. The molecule has 9 heteroatoms.